The summed E-state index contributed by atoms with van der Waals surface area (Å²) in [5, 5.41) is 27.6. The van der Waals surface area contributed by atoms with Crippen molar-refractivity contribution >= 4 is 16.8 Å². The lowest BCUT2D eigenvalue weighted by Crippen LogP contribution is -2.49. The number of aromatic nitrogens is 1. The van der Waals surface area contributed by atoms with E-state index in [0.29, 0.717) is 27.7 Å². The Morgan fingerprint density at radius 1 is 0.914 bits per heavy atom. The molecule has 0 radical (unpaired) electrons. The number of rotatable bonds is 7. The first-order valence-electron chi connectivity index (χ1n) is 11.4. The molecule has 0 N–H and O–H groups in total. The van der Waals surface area contributed by atoms with E-state index >= 15 is 0 Å². The zero-order valence-corrected chi connectivity index (χ0v) is 20.3. The summed E-state index contributed by atoms with van der Waals surface area (Å²) < 4.78 is -0.694. The van der Waals surface area contributed by atoms with E-state index in [2.05, 4.69) is 0 Å². The van der Waals surface area contributed by atoms with Crippen LogP contribution in [0.2, 0.25) is 0 Å². The zero-order chi connectivity index (χ0) is 25.2. The van der Waals surface area contributed by atoms with Crippen LogP contribution in [0.1, 0.15) is 34.5 Å². The Kier molecular flexibility index (Phi) is 6.80. The van der Waals surface area contributed by atoms with Gasteiger partial charge in [0.1, 0.15) is 18.2 Å². The van der Waals surface area contributed by atoms with Crippen LogP contribution in [-0.4, -0.2) is 41.6 Å². The summed E-state index contributed by atoms with van der Waals surface area (Å²) in [6.07, 6.45) is 0. The zero-order valence-electron chi connectivity index (χ0n) is 20.3. The Morgan fingerprint density at radius 2 is 1.49 bits per heavy atom. The lowest BCUT2D eigenvalue weighted by Gasteiger charge is -2.41. The van der Waals surface area contributed by atoms with Crippen molar-refractivity contribution in [2.75, 3.05) is 21.2 Å². The standard InChI is InChI=1S/C28H29N3O4/c1-20(21-13-7-5-8-14-21)31(34,35-4)28(32)26-23-17-11-12-18-25(23)29-27(22-15-9-6-10-16-22)24(26)19-30(2,3)33/h5-18,20H,19H2,1-4H3. The van der Waals surface area contributed by atoms with Gasteiger partial charge in [0.05, 0.1) is 38.0 Å². The molecule has 2 unspecified atom stereocenters. The van der Waals surface area contributed by atoms with Gasteiger partial charge < -0.3 is 15.1 Å². The quantitative estimate of drug-likeness (QED) is 0.253. The van der Waals surface area contributed by atoms with Crippen LogP contribution in [-0.2, 0) is 11.4 Å². The van der Waals surface area contributed by atoms with Gasteiger partial charge >= 0.3 is 5.91 Å². The molecule has 2 atom stereocenters. The molecule has 4 rings (SSSR count). The van der Waals surface area contributed by atoms with Gasteiger partial charge in [-0.1, -0.05) is 78.9 Å². The van der Waals surface area contributed by atoms with Crippen molar-refractivity contribution in [3.63, 3.8) is 0 Å². The van der Waals surface area contributed by atoms with Crippen LogP contribution in [0.15, 0.2) is 84.9 Å². The number of carbonyl (C=O) groups excluding carboxylic acids is 1. The number of benzene rings is 3. The van der Waals surface area contributed by atoms with E-state index < -0.39 is 21.4 Å². The number of nitrogens with zero attached hydrogens (tertiary/aromatic N) is 3. The number of hydrogen-bond acceptors (Lipinski definition) is 5. The molecule has 180 valence electrons. The van der Waals surface area contributed by atoms with E-state index in [4.69, 9.17) is 9.82 Å². The van der Waals surface area contributed by atoms with Gasteiger partial charge in [-0.3, -0.25) is 0 Å². The van der Waals surface area contributed by atoms with Crippen molar-refractivity contribution in [1.82, 2.24) is 4.98 Å². The molecular formula is C28H29N3O4. The molecular weight excluding hydrogens is 442 g/mol. The first-order valence-corrected chi connectivity index (χ1v) is 11.4. The molecule has 0 fully saturated rings. The highest BCUT2D eigenvalue weighted by molar-refractivity contribution is 6.06. The molecule has 7 heteroatoms. The second kappa shape index (κ2) is 9.65. The van der Waals surface area contributed by atoms with Crippen molar-refractivity contribution in [3.05, 3.63) is 112 Å². The van der Waals surface area contributed by atoms with Crippen LogP contribution in [0.3, 0.4) is 0 Å². The third-order valence-corrected chi connectivity index (χ3v) is 6.14. The van der Waals surface area contributed by atoms with Crippen molar-refractivity contribution < 1.29 is 19.1 Å². The number of hydrogen-bond donors (Lipinski definition) is 0. The van der Waals surface area contributed by atoms with E-state index in [0.717, 1.165) is 5.56 Å². The maximum absolute atomic E-state index is 14.2. The average molecular weight is 472 g/mol. The first-order chi connectivity index (χ1) is 16.7. The number of para-hydroxylation sites is 1. The van der Waals surface area contributed by atoms with Crippen LogP contribution < -0.4 is 0 Å². The lowest BCUT2D eigenvalue weighted by atomic mass is 9.94. The van der Waals surface area contributed by atoms with Crippen molar-refractivity contribution in [2.45, 2.75) is 19.5 Å². The molecule has 0 aliphatic carbocycles. The SMILES string of the molecule is CO[N+]([O-])(C(=O)c1c(C[N+](C)(C)[O-])c(-c2ccccc2)nc2ccccc12)C(C)c1ccccc1. The van der Waals surface area contributed by atoms with E-state index in [1.165, 1.54) is 21.2 Å². The molecule has 1 heterocycles. The molecule has 4 aromatic rings. The highest BCUT2D eigenvalue weighted by Gasteiger charge is 2.41. The molecule has 7 nitrogen and oxygen atoms in total. The van der Waals surface area contributed by atoms with Crippen LogP contribution in [0.4, 0.5) is 0 Å². The molecule has 0 saturated carbocycles. The van der Waals surface area contributed by atoms with Gasteiger partial charge in [0, 0.05) is 16.5 Å². The van der Waals surface area contributed by atoms with E-state index in [1.54, 1.807) is 37.3 Å². The topological polar surface area (TPSA) is 85.3 Å². The highest BCUT2D eigenvalue weighted by atomic mass is 16.9. The highest BCUT2D eigenvalue weighted by Crippen LogP contribution is 2.37. The maximum Gasteiger partial charge on any atom is 0.380 e. The summed E-state index contributed by atoms with van der Waals surface area (Å²) in [6, 6.07) is 24.8. The van der Waals surface area contributed by atoms with Gasteiger partial charge in [-0.05, 0) is 13.0 Å². The Morgan fingerprint density at radius 3 is 2.09 bits per heavy atom. The number of pyridine rings is 1. The fourth-order valence-corrected chi connectivity index (χ4v) is 4.37. The van der Waals surface area contributed by atoms with Crippen LogP contribution in [0.25, 0.3) is 22.2 Å². The van der Waals surface area contributed by atoms with Gasteiger partial charge in [-0.15, -0.1) is 4.81 Å². The van der Waals surface area contributed by atoms with Crippen LogP contribution in [0.5, 0.6) is 0 Å². The fourth-order valence-electron chi connectivity index (χ4n) is 4.37. The minimum absolute atomic E-state index is 0.0490. The summed E-state index contributed by atoms with van der Waals surface area (Å²) in [7, 11) is 4.24. The van der Waals surface area contributed by atoms with E-state index in [-0.39, 0.29) is 12.1 Å². The van der Waals surface area contributed by atoms with Crippen molar-refractivity contribution in [1.29, 1.82) is 0 Å². The van der Waals surface area contributed by atoms with E-state index in [9.17, 15) is 15.2 Å². The second-order valence-electron chi connectivity index (χ2n) is 9.10. The second-order valence-corrected chi connectivity index (χ2v) is 9.10. The van der Waals surface area contributed by atoms with Crippen LogP contribution in [0, 0.1) is 10.4 Å². The summed E-state index contributed by atoms with van der Waals surface area (Å²) in [5.74, 6) is -0.775. The molecule has 35 heavy (non-hydrogen) atoms. The summed E-state index contributed by atoms with van der Waals surface area (Å²) in [4.78, 5) is 22.9. The van der Waals surface area contributed by atoms with Gasteiger partial charge in [0.15, 0.2) is 0 Å². The minimum atomic E-state index is -1.56. The van der Waals surface area contributed by atoms with Gasteiger partial charge in [-0.2, -0.15) is 4.84 Å². The maximum atomic E-state index is 14.2. The molecule has 0 aliphatic rings. The Bertz CT molecular complexity index is 1340. The van der Waals surface area contributed by atoms with E-state index in [1.807, 2.05) is 54.6 Å². The molecule has 0 saturated heterocycles. The third-order valence-electron chi connectivity index (χ3n) is 6.14. The Hall–Kier alpha value is -3.46. The molecule has 0 spiro atoms. The minimum Gasteiger partial charge on any atom is -0.633 e. The Labute approximate surface area is 205 Å². The fraction of sp³-hybridized carbons (Fsp3) is 0.214. The van der Waals surface area contributed by atoms with Crippen molar-refractivity contribution in [3.8, 4) is 11.3 Å². The summed E-state index contributed by atoms with van der Waals surface area (Å²) in [5.41, 5.74) is 3.08. The largest absolute Gasteiger partial charge is 0.633 e. The lowest BCUT2D eigenvalue weighted by molar-refractivity contribution is -1.02. The molecule has 0 bridgehead atoms. The average Bonchev–Trinajstić information content (AvgIpc) is 2.87. The van der Waals surface area contributed by atoms with Crippen molar-refractivity contribution in [2.24, 2.45) is 0 Å². The molecule has 0 aliphatic heterocycles. The number of amides is 1. The number of quaternary nitrogens is 2. The van der Waals surface area contributed by atoms with Gasteiger partial charge in [-0.25, -0.2) is 9.78 Å². The summed E-state index contributed by atoms with van der Waals surface area (Å²) in [6.45, 7) is 1.62. The number of carbonyl (C=O) groups is 1. The van der Waals surface area contributed by atoms with Gasteiger partial charge in [0.25, 0.3) is 0 Å². The third kappa shape index (κ3) is 4.86. The number of fused-ring (bicyclic) bond motifs is 1. The normalized spacial score (nSPS) is 14.5. The first kappa shape index (κ1) is 24.7. The molecule has 1 amide bonds. The predicted molar refractivity (Wildman–Crippen MR) is 136 cm³/mol. The smallest absolute Gasteiger partial charge is 0.380 e. The van der Waals surface area contributed by atoms with Gasteiger partial charge in [0.2, 0.25) is 0 Å². The molecule has 3 aromatic carbocycles. The predicted octanol–water partition coefficient (Wildman–Crippen LogP) is 5.75. The molecule has 1 aromatic heterocycles. The monoisotopic (exact) mass is 471 g/mol. The summed E-state index contributed by atoms with van der Waals surface area (Å²) >= 11 is 0. The van der Waals surface area contributed by atoms with Crippen LogP contribution >= 0.6 is 0 Å². The Balaban J connectivity index is 2.02. The number of hydroxylamine groups is 7.